The molecule has 1 saturated carbocycles. The lowest BCUT2D eigenvalue weighted by molar-refractivity contribution is -0.231. The van der Waals surface area contributed by atoms with E-state index in [1.165, 1.54) is 19.3 Å². The van der Waals surface area contributed by atoms with Crippen molar-refractivity contribution in [3.8, 4) is 11.8 Å². The lowest BCUT2D eigenvalue weighted by Gasteiger charge is -2.47. The van der Waals surface area contributed by atoms with Crippen LogP contribution in [-0.4, -0.2) is 35.7 Å². The number of carbonyl (C=O) groups excluding carboxylic acids is 1. The summed E-state index contributed by atoms with van der Waals surface area (Å²) in [7, 11) is 0. The number of anilines is 1. The first-order valence-electron chi connectivity index (χ1n) is 10.7. The molecule has 6 nitrogen and oxygen atoms in total. The van der Waals surface area contributed by atoms with Gasteiger partial charge in [0.1, 0.15) is 5.75 Å². The highest BCUT2D eigenvalue weighted by Gasteiger charge is 2.42. The number of hydrogen-bond donors (Lipinski definition) is 1. The molecule has 0 aromatic heterocycles. The summed E-state index contributed by atoms with van der Waals surface area (Å²) in [4.78, 5) is 15.1. The minimum absolute atomic E-state index is 0.246. The largest absolute Gasteiger partial charge is 0.462 e. The molecule has 1 aliphatic carbocycles. The SMILES string of the molecule is N#Cc1cccc(C(=O)Nc2ccc3c(c2)COC2(CCN(C4CCC4)CC2)O3)c1. The van der Waals surface area contributed by atoms with Crippen LogP contribution in [0.4, 0.5) is 5.69 Å². The molecule has 1 spiro atoms. The Kier molecular flexibility index (Phi) is 4.93. The Morgan fingerprint density at radius 3 is 2.73 bits per heavy atom. The van der Waals surface area contributed by atoms with Gasteiger partial charge in [0.25, 0.3) is 5.91 Å². The summed E-state index contributed by atoms with van der Waals surface area (Å²) in [6, 6.07) is 15.1. The molecule has 30 heavy (non-hydrogen) atoms. The molecule has 2 aromatic rings. The number of benzene rings is 2. The number of ether oxygens (including phenoxy) is 2. The highest BCUT2D eigenvalue weighted by molar-refractivity contribution is 6.04. The molecule has 1 N–H and O–H groups in total. The zero-order valence-electron chi connectivity index (χ0n) is 16.9. The van der Waals surface area contributed by atoms with E-state index >= 15 is 0 Å². The Hall–Kier alpha value is -2.88. The Morgan fingerprint density at radius 1 is 1.17 bits per heavy atom. The Morgan fingerprint density at radius 2 is 2.00 bits per heavy atom. The second-order valence-electron chi connectivity index (χ2n) is 8.39. The van der Waals surface area contributed by atoms with E-state index < -0.39 is 5.79 Å². The van der Waals surface area contributed by atoms with Gasteiger partial charge in [0.05, 0.1) is 18.2 Å². The van der Waals surface area contributed by atoms with Crippen LogP contribution in [0.25, 0.3) is 0 Å². The van der Waals surface area contributed by atoms with Crippen molar-refractivity contribution in [3.05, 3.63) is 59.2 Å². The van der Waals surface area contributed by atoms with E-state index in [1.54, 1.807) is 24.3 Å². The second kappa shape index (κ2) is 7.75. The number of nitriles is 1. The predicted molar refractivity (Wildman–Crippen MR) is 112 cm³/mol. The summed E-state index contributed by atoms with van der Waals surface area (Å²) in [5.41, 5.74) is 2.54. The molecule has 3 aliphatic rings. The number of rotatable bonds is 3. The van der Waals surface area contributed by atoms with Gasteiger partial charge < -0.3 is 14.8 Å². The molecule has 0 bridgehead atoms. The molecule has 2 heterocycles. The number of piperidine rings is 1. The number of nitrogens with zero attached hydrogens (tertiary/aromatic N) is 2. The first-order valence-corrected chi connectivity index (χ1v) is 10.7. The third-order valence-corrected chi connectivity index (χ3v) is 6.51. The number of likely N-dealkylation sites (tertiary alicyclic amines) is 1. The van der Waals surface area contributed by atoms with Crippen LogP contribution in [0.15, 0.2) is 42.5 Å². The van der Waals surface area contributed by atoms with Gasteiger partial charge in [-0.2, -0.15) is 5.26 Å². The van der Waals surface area contributed by atoms with Crippen molar-refractivity contribution in [2.75, 3.05) is 18.4 Å². The van der Waals surface area contributed by atoms with Gasteiger partial charge in [-0.3, -0.25) is 9.69 Å². The van der Waals surface area contributed by atoms with Crippen molar-refractivity contribution in [1.82, 2.24) is 4.90 Å². The molecular weight excluding hydrogens is 378 g/mol. The van der Waals surface area contributed by atoms with Gasteiger partial charge in [-0.05, 0) is 49.2 Å². The molecule has 6 heteroatoms. The molecule has 0 atom stereocenters. The fraction of sp³-hybridized carbons (Fsp3) is 0.417. The van der Waals surface area contributed by atoms with Gasteiger partial charge in [-0.1, -0.05) is 12.5 Å². The van der Waals surface area contributed by atoms with E-state index in [1.807, 2.05) is 18.2 Å². The van der Waals surface area contributed by atoms with Gasteiger partial charge in [-0.25, -0.2) is 0 Å². The number of fused-ring (bicyclic) bond motifs is 1. The first kappa shape index (κ1) is 19.1. The van der Waals surface area contributed by atoms with Crippen LogP contribution in [0.2, 0.25) is 0 Å². The van der Waals surface area contributed by atoms with Gasteiger partial charge in [-0.15, -0.1) is 0 Å². The fourth-order valence-electron chi connectivity index (χ4n) is 4.47. The van der Waals surface area contributed by atoms with Crippen LogP contribution in [-0.2, 0) is 11.3 Å². The molecule has 154 valence electrons. The lowest BCUT2D eigenvalue weighted by atomic mass is 9.89. The normalized spacial score (nSPS) is 20.5. The molecule has 2 aromatic carbocycles. The molecule has 2 fully saturated rings. The van der Waals surface area contributed by atoms with Crippen molar-refractivity contribution in [2.24, 2.45) is 0 Å². The number of nitrogens with one attached hydrogen (secondary N) is 1. The summed E-state index contributed by atoms with van der Waals surface area (Å²) < 4.78 is 12.5. The van der Waals surface area contributed by atoms with E-state index in [0.717, 1.165) is 43.3 Å². The standard InChI is InChI=1S/C24H25N3O3/c25-15-17-3-1-4-18(13-17)23(28)26-20-7-8-22-19(14-20)16-29-24(30-22)9-11-27(12-10-24)21-5-2-6-21/h1,3-4,7-8,13-14,21H,2,5-6,9-12,16H2,(H,26,28). The average molecular weight is 403 g/mol. The van der Waals surface area contributed by atoms with Crippen molar-refractivity contribution >= 4 is 11.6 Å². The third-order valence-electron chi connectivity index (χ3n) is 6.51. The monoisotopic (exact) mass is 403 g/mol. The number of amides is 1. The van der Waals surface area contributed by atoms with Crippen LogP contribution in [0.1, 0.15) is 53.6 Å². The Bertz CT molecular complexity index is 1000. The first-order chi connectivity index (χ1) is 14.6. The average Bonchev–Trinajstić information content (AvgIpc) is 2.74. The topological polar surface area (TPSA) is 74.6 Å². The van der Waals surface area contributed by atoms with Crippen LogP contribution in [0.3, 0.4) is 0 Å². The Balaban J connectivity index is 1.24. The van der Waals surface area contributed by atoms with Crippen LogP contribution in [0.5, 0.6) is 5.75 Å². The van der Waals surface area contributed by atoms with Crippen molar-refractivity contribution in [2.45, 2.75) is 50.5 Å². The van der Waals surface area contributed by atoms with Crippen LogP contribution >= 0.6 is 0 Å². The van der Waals surface area contributed by atoms with E-state index in [2.05, 4.69) is 16.3 Å². The zero-order valence-corrected chi connectivity index (χ0v) is 16.9. The summed E-state index contributed by atoms with van der Waals surface area (Å²) in [5.74, 6) is 0.0720. The lowest BCUT2D eigenvalue weighted by Crippen LogP contribution is -2.54. The summed E-state index contributed by atoms with van der Waals surface area (Å²) in [5, 5.41) is 11.9. The molecular formula is C24H25N3O3. The minimum atomic E-state index is -0.518. The maximum atomic E-state index is 12.5. The van der Waals surface area contributed by atoms with Gasteiger partial charge in [0.15, 0.2) is 0 Å². The predicted octanol–water partition coefficient (Wildman–Crippen LogP) is 4.06. The molecule has 1 amide bonds. The van der Waals surface area contributed by atoms with E-state index in [-0.39, 0.29) is 5.91 Å². The summed E-state index contributed by atoms with van der Waals surface area (Å²) in [6.45, 7) is 2.53. The second-order valence-corrected chi connectivity index (χ2v) is 8.39. The van der Waals surface area contributed by atoms with Crippen molar-refractivity contribution in [3.63, 3.8) is 0 Å². The highest BCUT2D eigenvalue weighted by Crippen LogP contribution is 2.40. The molecule has 2 aliphatic heterocycles. The number of carbonyl (C=O) groups is 1. The summed E-state index contributed by atoms with van der Waals surface area (Å²) >= 11 is 0. The van der Waals surface area contributed by atoms with Crippen LogP contribution < -0.4 is 10.1 Å². The molecule has 1 saturated heterocycles. The maximum absolute atomic E-state index is 12.5. The third kappa shape index (κ3) is 3.67. The molecule has 0 radical (unpaired) electrons. The Labute approximate surface area is 176 Å². The molecule has 5 rings (SSSR count). The van der Waals surface area contributed by atoms with Crippen LogP contribution in [0, 0.1) is 11.3 Å². The number of hydrogen-bond acceptors (Lipinski definition) is 5. The van der Waals surface area contributed by atoms with Crippen molar-refractivity contribution < 1.29 is 14.3 Å². The van der Waals surface area contributed by atoms with E-state index in [9.17, 15) is 4.79 Å². The van der Waals surface area contributed by atoms with Gasteiger partial charge in [0, 0.05) is 48.8 Å². The molecule has 0 unspecified atom stereocenters. The summed E-state index contributed by atoms with van der Waals surface area (Å²) in [6.07, 6.45) is 5.78. The maximum Gasteiger partial charge on any atom is 0.255 e. The zero-order chi connectivity index (χ0) is 20.6. The quantitative estimate of drug-likeness (QED) is 0.836. The van der Waals surface area contributed by atoms with Gasteiger partial charge >= 0.3 is 0 Å². The fourth-order valence-corrected chi connectivity index (χ4v) is 4.47. The van der Waals surface area contributed by atoms with Crippen molar-refractivity contribution in [1.29, 1.82) is 5.26 Å². The van der Waals surface area contributed by atoms with E-state index in [4.69, 9.17) is 14.7 Å². The minimum Gasteiger partial charge on any atom is -0.462 e. The van der Waals surface area contributed by atoms with E-state index in [0.29, 0.717) is 23.4 Å². The highest BCUT2D eigenvalue weighted by atomic mass is 16.7. The van der Waals surface area contributed by atoms with Gasteiger partial charge in [0.2, 0.25) is 5.79 Å². The smallest absolute Gasteiger partial charge is 0.255 e.